The van der Waals surface area contributed by atoms with Gasteiger partial charge >= 0.3 is 0 Å². The summed E-state index contributed by atoms with van der Waals surface area (Å²) >= 11 is 5.95. The number of hydrogen-bond acceptors (Lipinski definition) is 3. The molecule has 140 valence electrons. The van der Waals surface area contributed by atoms with E-state index in [1.807, 2.05) is 24.3 Å². The van der Waals surface area contributed by atoms with E-state index in [1.165, 1.54) is 0 Å². The lowest BCUT2D eigenvalue weighted by Gasteiger charge is -2.34. The lowest BCUT2D eigenvalue weighted by Crippen LogP contribution is -2.50. The van der Waals surface area contributed by atoms with Crippen molar-refractivity contribution in [2.75, 3.05) is 32.7 Å². The van der Waals surface area contributed by atoms with Gasteiger partial charge in [-0.15, -0.1) is 0 Å². The van der Waals surface area contributed by atoms with Gasteiger partial charge in [-0.25, -0.2) is 0 Å². The summed E-state index contributed by atoms with van der Waals surface area (Å²) in [5, 5.41) is 3.60. The number of rotatable bonds is 5. The summed E-state index contributed by atoms with van der Waals surface area (Å²) in [5.41, 5.74) is 1.07. The molecule has 1 heterocycles. The lowest BCUT2D eigenvalue weighted by molar-refractivity contribution is -0.140. The third kappa shape index (κ3) is 4.55. The summed E-state index contributed by atoms with van der Waals surface area (Å²) in [6.07, 6.45) is 1.33. The van der Waals surface area contributed by atoms with Gasteiger partial charge in [0.1, 0.15) is 0 Å². The third-order valence-electron chi connectivity index (χ3n) is 5.08. The van der Waals surface area contributed by atoms with E-state index in [-0.39, 0.29) is 29.6 Å². The van der Waals surface area contributed by atoms with Crippen LogP contribution in [0.5, 0.6) is 0 Å². The van der Waals surface area contributed by atoms with Crippen molar-refractivity contribution in [3.63, 3.8) is 0 Å². The molecule has 7 heteroatoms. The van der Waals surface area contributed by atoms with Crippen LogP contribution in [0.1, 0.15) is 18.9 Å². The first-order chi connectivity index (χ1) is 12.5. The van der Waals surface area contributed by atoms with Gasteiger partial charge in [-0.05, 0) is 30.5 Å². The van der Waals surface area contributed by atoms with Gasteiger partial charge in [-0.1, -0.05) is 23.7 Å². The molecule has 2 fully saturated rings. The highest BCUT2D eigenvalue weighted by atomic mass is 35.5. The Bertz CT molecular complexity index is 701. The minimum atomic E-state index is -0.215. The molecule has 6 nitrogen and oxygen atoms in total. The van der Waals surface area contributed by atoms with Crippen LogP contribution in [0.15, 0.2) is 24.3 Å². The van der Waals surface area contributed by atoms with E-state index in [1.54, 1.807) is 16.7 Å². The zero-order valence-electron chi connectivity index (χ0n) is 14.9. The summed E-state index contributed by atoms with van der Waals surface area (Å²) in [6.45, 7) is 4.33. The first-order valence-electron chi connectivity index (χ1n) is 9.02. The van der Waals surface area contributed by atoms with E-state index in [9.17, 15) is 14.4 Å². The second kappa shape index (κ2) is 8.08. The predicted molar refractivity (Wildman–Crippen MR) is 98.6 cm³/mol. The van der Waals surface area contributed by atoms with Crippen LogP contribution in [0, 0.1) is 11.8 Å². The zero-order chi connectivity index (χ0) is 18.7. The van der Waals surface area contributed by atoms with E-state index in [2.05, 4.69) is 5.32 Å². The second-order valence-corrected chi connectivity index (χ2v) is 7.39. The molecule has 0 bridgehead atoms. The number of hydrogen-bond donors (Lipinski definition) is 1. The third-order valence-corrected chi connectivity index (χ3v) is 5.32. The van der Waals surface area contributed by atoms with Crippen LogP contribution in [-0.4, -0.2) is 60.2 Å². The molecule has 0 aromatic heterocycles. The monoisotopic (exact) mass is 377 g/mol. The second-order valence-electron chi connectivity index (χ2n) is 6.95. The summed E-state index contributed by atoms with van der Waals surface area (Å²) < 4.78 is 0. The van der Waals surface area contributed by atoms with Crippen LogP contribution in [0.4, 0.5) is 0 Å². The molecule has 1 aromatic rings. The first-order valence-corrected chi connectivity index (χ1v) is 9.40. The SMILES string of the molecule is CC(=O)N1CCN(C(=O)C2CC2C(=O)NCCc2cccc(Cl)c2)CC1. The standard InChI is InChI=1S/C19H24ClN3O3/c1-13(24)22-7-9-23(10-8-22)19(26)17-12-16(17)18(25)21-6-5-14-3-2-4-15(20)11-14/h2-4,11,16-17H,5-10,12H2,1H3,(H,21,25). The Morgan fingerprint density at radius 2 is 1.81 bits per heavy atom. The molecule has 3 rings (SSSR count). The number of amides is 3. The minimum absolute atomic E-state index is 0.0421. The Labute approximate surface area is 158 Å². The van der Waals surface area contributed by atoms with E-state index < -0.39 is 0 Å². The first kappa shape index (κ1) is 18.7. The average Bonchev–Trinajstić information content (AvgIpc) is 3.42. The van der Waals surface area contributed by atoms with Crippen molar-refractivity contribution in [1.82, 2.24) is 15.1 Å². The fraction of sp³-hybridized carbons (Fsp3) is 0.526. The van der Waals surface area contributed by atoms with Crippen LogP contribution < -0.4 is 5.32 Å². The van der Waals surface area contributed by atoms with Crippen LogP contribution in [0.3, 0.4) is 0 Å². The van der Waals surface area contributed by atoms with Crippen molar-refractivity contribution in [2.45, 2.75) is 19.8 Å². The van der Waals surface area contributed by atoms with Gasteiger partial charge in [0, 0.05) is 44.7 Å². The van der Waals surface area contributed by atoms with Gasteiger partial charge < -0.3 is 15.1 Å². The van der Waals surface area contributed by atoms with Crippen LogP contribution in [0.2, 0.25) is 5.02 Å². The Morgan fingerprint density at radius 3 is 2.46 bits per heavy atom. The predicted octanol–water partition coefficient (Wildman–Crippen LogP) is 1.33. The maximum Gasteiger partial charge on any atom is 0.226 e. The fourth-order valence-electron chi connectivity index (χ4n) is 3.39. The summed E-state index contributed by atoms with van der Waals surface area (Å²) in [4.78, 5) is 39.6. The maximum absolute atomic E-state index is 12.5. The molecular weight excluding hydrogens is 354 g/mol. The number of piperazine rings is 1. The number of nitrogens with one attached hydrogen (secondary N) is 1. The quantitative estimate of drug-likeness (QED) is 0.841. The average molecular weight is 378 g/mol. The van der Waals surface area contributed by atoms with Crippen molar-refractivity contribution in [3.8, 4) is 0 Å². The molecule has 2 unspecified atom stereocenters. The maximum atomic E-state index is 12.5. The molecule has 0 radical (unpaired) electrons. The molecule has 1 saturated carbocycles. The van der Waals surface area contributed by atoms with Crippen LogP contribution in [-0.2, 0) is 20.8 Å². The molecular formula is C19H24ClN3O3. The highest BCUT2D eigenvalue weighted by Gasteiger charge is 2.49. The van der Waals surface area contributed by atoms with Crippen LogP contribution in [0.25, 0.3) is 0 Å². The molecule has 2 aliphatic rings. The van der Waals surface area contributed by atoms with Gasteiger partial charge in [0.2, 0.25) is 17.7 Å². The van der Waals surface area contributed by atoms with Gasteiger partial charge in [-0.2, -0.15) is 0 Å². The Kier molecular flexibility index (Phi) is 5.81. The van der Waals surface area contributed by atoms with Gasteiger partial charge in [-0.3, -0.25) is 14.4 Å². The normalized spacial score (nSPS) is 22.1. The van der Waals surface area contributed by atoms with Crippen molar-refractivity contribution in [2.24, 2.45) is 11.8 Å². The number of nitrogens with zero attached hydrogens (tertiary/aromatic N) is 2. The van der Waals surface area contributed by atoms with Crippen molar-refractivity contribution in [3.05, 3.63) is 34.9 Å². The van der Waals surface area contributed by atoms with E-state index in [0.29, 0.717) is 50.6 Å². The molecule has 0 spiro atoms. The minimum Gasteiger partial charge on any atom is -0.356 e. The van der Waals surface area contributed by atoms with Crippen molar-refractivity contribution >= 4 is 29.3 Å². The Balaban J connectivity index is 1.40. The summed E-state index contributed by atoms with van der Waals surface area (Å²) in [6, 6.07) is 7.57. The highest BCUT2D eigenvalue weighted by Crippen LogP contribution is 2.40. The summed E-state index contributed by atoms with van der Waals surface area (Å²) in [7, 11) is 0. The Morgan fingerprint density at radius 1 is 1.12 bits per heavy atom. The summed E-state index contributed by atoms with van der Waals surface area (Å²) in [5.74, 6) is -0.380. The molecule has 1 aliphatic heterocycles. The Hall–Kier alpha value is -2.08. The van der Waals surface area contributed by atoms with Gasteiger partial charge in [0.05, 0.1) is 11.8 Å². The molecule has 1 N–H and O–H groups in total. The molecule has 1 aromatic carbocycles. The number of benzene rings is 1. The van der Waals surface area contributed by atoms with Crippen molar-refractivity contribution < 1.29 is 14.4 Å². The topological polar surface area (TPSA) is 69.7 Å². The molecule has 3 amide bonds. The molecule has 2 atom stereocenters. The highest BCUT2D eigenvalue weighted by molar-refractivity contribution is 6.30. The zero-order valence-corrected chi connectivity index (χ0v) is 15.7. The number of carbonyl (C=O) groups is 3. The fourth-order valence-corrected chi connectivity index (χ4v) is 3.60. The van der Waals surface area contributed by atoms with E-state index >= 15 is 0 Å². The lowest BCUT2D eigenvalue weighted by atomic mass is 10.1. The van der Waals surface area contributed by atoms with Crippen LogP contribution >= 0.6 is 11.6 Å². The van der Waals surface area contributed by atoms with E-state index in [4.69, 9.17) is 11.6 Å². The number of carbonyl (C=O) groups excluding carboxylic acids is 3. The van der Waals surface area contributed by atoms with Gasteiger partial charge in [0.25, 0.3) is 0 Å². The molecule has 1 saturated heterocycles. The molecule has 1 aliphatic carbocycles. The largest absolute Gasteiger partial charge is 0.356 e. The molecule has 26 heavy (non-hydrogen) atoms. The van der Waals surface area contributed by atoms with Crippen molar-refractivity contribution in [1.29, 1.82) is 0 Å². The number of halogens is 1. The van der Waals surface area contributed by atoms with Gasteiger partial charge in [0.15, 0.2) is 0 Å². The smallest absolute Gasteiger partial charge is 0.226 e. The van der Waals surface area contributed by atoms with E-state index in [0.717, 1.165) is 5.56 Å².